The molecule has 2 aromatic carbocycles. The predicted octanol–water partition coefficient (Wildman–Crippen LogP) is 4.08. The van der Waals surface area contributed by atoms with Crippen LogP contribution in [-0.4, -0.2) is 29.5 Å². The molecule has 0 radical (unpaired) electrons. The molecule has 1 atom stereocenters. The van der Waals surface area contributed by atoms with Crippen LogP contribution >= 0.6 is 11.6 Å². The molecule has 0 saturated carbocycles. The lowest BCUT2D eigenvalue weighted by Crippen LogP contribution is -2.43. The van der Waals surface area contributed by atoms with Crippen molar-refractivity contribution >= 4 is 29.3 Å². The summed E-state index contributed by atoms with van der Waals surface area (Å²) in [5.74, 6) is -0.212. The molecule has 1 saturated heterocycles. The standard InChI is InChI=1S/C19H19ClN2O3/c20-15-8-10-16(11-9-15)21-18(23)17-7-4-12-22(17)19(24)25-13-14-5-2-1-3-6-14/h1-3,5-6,8-11,17H,4,7,12-13H2,(H,21,23)/t17-/m0/s1. The van der Waals surface area contributed by atoms with E-state index in [1.165, 1.54) is 4.90 Å². The van der Waals surface area contributed by atoms with E-state index in [1.54, 1.807) is 24.3 Å². The van der Waals surface area contributed by atoms with Crippen LogP contribution in [0.15, 0.2) is 54.6 Å². The molecule has 6 heteroatoms. The number of nitrogens with zero attached hydrogens (tertiary/aromatic N) is 1. The Morgan fingerprint density at radius 3 is 2.56 bits per heavy atom. The highest BCUT2D eigenvalue weighted by atomic mass is 35.5. The number of halogens is 1. The van der Waals surface area contributed by atoms with Crippen LogP contribution in [-0.2, 0) is 16.1 Å². The van der Waals surface area contributed by atoms with E-state index in [0.29, 0.717) is 23.7 Å². The van der Waals surface area contributed by atoms with Crippen LogP contribution in [0.1, 0.15) is 18.4 Å². The van der Waals surface area contributed by atoms with Crippen molar-refractivity contribution in [2.75, 3.05) is 11.9 Å². The zero-order valence-corrected chi connectivity index (χ0v) is 14.4. The van der Waals surface area contributed by atoms with Gasteiger partial charge in [0.1, 0.15) is 12.6 Å². The fourth-order valence-electron chi connectivity index (χ4n) is 2.82. The maximum absolute atomic E-state index is 12.5. The van der Waals surface area contributed by atoms with E-state index in [4.69, 9.17) is 16.3 Å². The van der Waals surface area contributed by atoms with Gasteiger partial charge in [0.05, 0.1) is 0 Å². The SMILES string of the molecule is O=C(Nc1ccc(Cl)cc1)[C@@H]1CCCN1C(=O)OCc1ccccc1. The van der Waals surface area contributed by atoms with Crippen molar-refractivity contribution < 1.29 is 14.3 Å². The van der Waals surface area contributed by atoms with Gasteiger partial charge in [-0.1, -0.05) is 41.9 Å². The van der Waals surface area contributed by atoms with Gasteiger partial charge in [-0.2, -0.15) is 0 Å². The van der Waals surface area contributed by atoms with Gasteiger partial charge in [-0.15, -0.1) is 0 Å². The molecule has 25 heavy (non-hydrogen) atoms. The van der Waals surface area contributed by atoms with Gasteiger partial charge in [0.15, 0.2) is 0 Å². The fourth-order valence-corrected chi connectivity index (χ4v) is 2.94. The first-order valence-electron chi connectivity index (χ1n) is 8.17. The number of anilines is 1. The summed E-state index contributed by atoms with van der Waals surface area (Å²) in [4.78, 5) is 26.3. The number of rotatable bonds is 4. The zero-order chi connectivity index (χ0) is 17.6. The lowest BCUT2D eigenvalue weighted by molar-refractivity contribution is -0.120. The highest BCUT2D eigenvalue weighted by Gasteiger charge is 2.35. The Morgan fingerprint density at radius 2 is 1.84 bits per heavy atom. The molecular formula is C19H19ClN2O3. The van der Waals surface area contributed by atoms with Crippen molar-refractivity contribution in [2.24, 2.45) is 0 Å². The Labute approximate surface area is 151 Å². The first-order chi connectivity index (χ1) is 12.1. The normalized spacial score (nSPS) is 16.5. The second-order valence-electron chi connectivity index (χ2n) is 5.89. The van der Waals surface area contributed by atoms with E-state index in [0.717, 1.165) is 12.0 Å². The monoisotopic (exact) mass is 358 g/mol. The maximum Gasteiger partial charge on any atom is 0.410 e. The smallest absolute Gasteiger partial charge is 0.410 e. The number of hydrogen-bond acceptors (Lipinski definition) is 3. The zero-order valence-electron chi connectivity index (χ0n) is 13.7. The van der Waals surface area contributed by atoms with Crippen LogP contribution in [0, 0.1) is 0 Å². The van der Waals surface area contributed by atoms with Crippen LogP contribution in [0.25, 0.3) is 0 Å². The summed E-state index contributed by atoms with van der Waals surface area (Å²) in [6.45, 7) is 0.716. The van der Waals surface area contributed by atoms with E-state index >= 15 is 0 Å². The average molecular weight is 359 g/mol. The van der Waals surface area contributed by atoms with E-state index in [1.807, 2.05) is 30.3 Å². The minimum atomic E-state index is -0.515. The van der Waals surface area contributed by atoms with Gasteiger partial charge in [-0.3, -0.25) is 9.69 Å². The summed E-state index contributed by atoms with van der Waals surface area (Å²) < 4.78 is 5.35. The lowest BCUT2D eigenvalue weighted by atomic mass is 10.2. The minimum Gasteiger partial charge on any atom is -0.445 e. The highest BCUT2D eigenvalue weighted by Crippen LogP contribution is 2.21. The molecule has 130 valence electrons. The second kappa shape index (κ2) is 8.03. The summed E-state index contributed by atoms with van der Waals surface area (Å²) in [5, 5.41) is 3.42. The van der Waals surface area contributed by atoms with Gasteiger partial charge >= 0.3 is 6.09 Å². The number of carbonyl (C=O) groups is 2. The molecule has 2 aromatic rings. The van der Waals surface area contributed by atoms with Crippen molar-refractivity contribution in [3.63, 3.8) is 0 Å². The third-order valence-electron chi connectivity index (χ3n) is 4.11. The second-order valence-corrected chi connectivity index (χ2v) is 6.32. The quantitative estimate of drug-likeness (QED) is 0.895. The molecule has 5 nitrogen and oxygen atoms in total. The summed E-state index contributed by atoms with van der Waals surface area (Å²) in [5.41, 5.74) is 1.57. The van der Waals surface area contributed by atoms with Crippen molar-refractivity contribution in [3.05, 3.63) is 65.2 Å². The van der Waals surface area contributed by atoms with E-state index in [9.17, 15) is 9.59 Å². The van der Waals surface area contributed by atoms with E-state index in [-0.39, 0.29) is 12.5 Å². The fraction of sp³-hybridized carbons (Fsp3) is 0.263. The predicted molar refractivity (Wildman–Crippen MR) is 96.4 cm³/mol. The Morgan fingerprint density at radius 1 is 1.12 bits per heavy atom. The molecule has 1 aliphatic heterocycles. The molecular weight excluding hydrogens is 340 g/mol. The van der Waals surface area contributed by atoms with Crippen LogP contribution in [0.4, 0.5) is 10.5 Å². The largest absolute Gasteiger partial charge is 0.445 e. The van der Waals surface area contributed by atoms with Crippen LogP contribution in [0.3, 0.4) is 0 Å². The van der Waals surface area contributed by atoms with Gasteiger partial charge in [-0.05, 0) is 42.7 Å². The maximum atomic E-state index is 12.5. The lowest BCUT2D eigenvalue weighted by Gasteiger charge is -2.23. The molecule has 1 heterocycles. The molecule has 0 bridgehead atoms. The van der Waals surface area contributed by atoms with Gasteiger partial charge < -0.3 is 10.1 Å². The number of ether oxygens (including phenoxy) is 1. The topological polar surface area (TPSA) is 58.6 Å². The molecule has 0 aromatic heterocycles. The number of carbonyl (C=O) groups excluding carboxylic acids is 2. The first kappa shape index (κ1) is 17.3. The van der Waals surface area contributed by atoms with Crippen molar-refractivity contribution in [1.29, 1.82) is 0 Å². The molecule has 3 rings (SSSR count). The highest BCUT2D eigenvalue weighted by molar-refractivity contribution is 6.30. The van der Waals surface area contributed by atoms with E-state index in [2.05, 4.69) is 5.32 Å². The minimum absolute atomic E-state index is 0.196. The summed E-state index contributed by atoms with van der Waals surface area (Å²) >= 11 is 5.84. The average Bonchev–Trinajstić information content (AvgIpc) is 3.12. The molecule has 1 aliphatic rings. The summed E-state index contributed by atoms with van der Waals surface area (Å²) in [7, 11) is 0. The van der Waals surface area contributed by atoms with Crippen LogP contribution in [0.5, 0.6) is 0 Å². The van der Waals surface area contributed by atoms with Crippen molar-refractivity contribution in [1.82, 2.24) is 4.90 Å². The third kappa shape index (κ3) is 4.51. The Hall–Kier alpha value is -2.53. The van der Waals surface area contributed by atoms with Crippen molar-refractivity contribution in [2.45, 2.75) is 25.5 Å². The van der Waals surface area contributed by atoms with E-state index < -0.39 is 12.1 Å². The molecule has 1 N–H and O–H groups in total. The molecule has 0 spiro atoms. The van der Waals surface area contributed by atoms with Gasteiger partial charge in [0, 0.05) is 17.3 Å². The summed E-state index contributed by atoms with van der Waals surface area (Å²) in [6.07, 6.45) is 0.941. The van der Waals surface area contributed by atoms with Crippen LogP contribution < -0.4 is 5.32 Å². The summed E-state index contributed by atoms with van der Waals surface area (Å²) in [6, 6.07) is 15.8. The van der Waals surface area contributed by atoms with Crippen molar-refractivity contribution in [3.8, 4) is 0 Å². The number of hydrogen-bond donors (Lipinski definition) is 1. The molecule has 2 amide bonds. The van der Waals surface area contributed by atoms with Gasteiger partial charge in [-0.25, -0.2) is 4.79 Å². The number of benzene rings is 2. The molecule has 0 unspecified atom stereocenters. The Balaban J connectivity index is 1.58. The number of likely N-dealkylation sites (tertiary alicyclic amines) is 1. The molecule has 0 aliphatic carbocycles. The number of nitrogens with one attached hydrogen (secondary N) is 1. The number of amides is 2. The van der Waals surface area contributed by atoms with Crippen LogP contribution in [0.2, 0.25) is 5.02 Å². The Bertz CT molecular complexity index is 734. The first-order valence-corrected chi connectivity index (χ1v) is 8.55. The molecule has 1 fully saturated rings. The Kier molecular flexibility index (Phi) is 5.56. The third-order valence-corrected chi connectivity index (χ3v) is 4.36. The van der Waals surface area contributed by atoms with Gasteiger partial charge in [0.2, 0.25) is 5.91 Å². The van der Waals surface area contributed by atoms with Gasteiger partial charge in [0.25, 0.3) is 0 Å².